The van der Waals surface area contributed by atoms with Crippen molar-refractivity contribution < 1.29 is 33.5 Å². The third kappa shape index (κ3) is 24.1. The average molecular weight is 986 g/mol. The lowest BCUT2D eigenvalue weighted by molar-refractivity contribution is -2.00. The second kappa shape index (κ2) is 36.0. The zero-order valence-electron chi connectivity index (χ0n) is 45.6. The molecule has 2 aliphatic heterocycles. The summed E-state index contributed by atoms with van der Waals surface area (Å²) in [7, 11) is -4.94. The molecule has 4 rings (SSSR count). The van der Waals surface area contributed by atoms with Crippen LogP contribution in [0, 0.1) is 10.2 Å². The van der Waals surface area contributed by atoms with E-state index in [1.54, 1.807) is 0 Å². The Balaban J connectivity index is 0.00000246. The summed E-state index contributed by atoms with van der Waals surface area (Å²) in [6.07, 6.45) is 61.1. The van der Waals surface area contributed by atoms with Crippen molar-refractivity contribution in [2.45, 2.75) is 258 Å². The highest BCUT2D eigenvalue weighted by molar-refractivity contribution is 6.03. The van der Waals surface area contributed by atoms with E-state index in [2.05, 4.69) is 142 Å². The molecule has 0 saturated heterocycles. The van der Waals surface area contributed by atoms with Crippen LogP contribution in [0.5, 0.6) is 0 Å². The minimum absolute atomic E-state index is 0.00478. The van der Waals surface area contributed by atoms with E-state index in [9.17, 15) is 0 Å². The Labute approximate surface area is 432 Å². The number of anilines is 1. The predicted molar refractivity (Wildman–Crippen MR) is 291 cm³/mol. The van der Waals surface area contributed by atoms with Gasteiger partial charge < -0.3 is 4.90 Å². The van der Waals surface area contributed by atoms with Crippen molar-refractivity contribution in [2.75, 3.05) is 18.0 Å². The summed E-state index contributed by atoms with van der Waals surface area (Å²) in [6, 6.07) is 18.2. The van der Waals surface area contributed by atoms with Crippen LogP contribution >= 0.6 is 0 Å². The number of fused-ring (bicyclic) bond motifs is 2. The third-order valence-corrected chi connectivity index (χ3v) is 15.0. The van der Waals surface area contributed by atoms with E-state index in [0.29, 0.717) is 0 Å². The summed E-state index contributed by atoms with van der Waals surface area (Å²) in [5.41, 5.74) is 8.55. The van der Waals surface area contributed by atoms with Crippen LogP contribution in [0.15, 0.2) is 96.8 Å². The minimum atomic E-state index is -4.94. The monoisotopic (exact) mass is 985 g/mol. The molecule has 0 bridgehead atoms. The molecule has 0 aromatic heterocycles. The fourth-order valence-corrected chi connectivity index (χ4v) is 10.9. The Morgan fingerprint density at radius 3 is 1.29 bits per heavy atom. The first-order valence-electron chi connectivity index (χ1n) is 28.8. The van der Waals surface area contributed by atoms with Crippen LogP contribution in [0.4, 0.5) is 11.4 Å². The molecule has 0 radical (unpaired) electrons. The lowest BCUT2D eigenvalue weighted by Crippen LogP contribution is -2.68. The fraction of sp³-hybridized carbons (Fsp3) is 0.667. The molecule has 0 fully saturated rings. The number of rotatable bonds is 38. The van der Waals surface area contributed by atoms with Gasteiger partial charge in [-0.05, 0) is 44.4 Å². The number of para-hydroxylation sites is 2. The summed E-state index contributed by atoms with van der Waals surface area (Å²) in [5, 5.41) is 0. The lowest BCUT2D eigenvalue weighted by atomic mass is 9.81. The van der Waals surface area contributed by atoms with E-state index in [4.69, 9.17) is 18.6 Å². The molecule has 0 saturated carbocycles. The molecule has 0 spiro atoms. The Morgan fingerprint density at radius 2 is 0.814 bits per heavy atom. The van der Waals surface area contributed by atoms with Crippen molar-refractivity contribution in [3.8, 4) is 0 Å². The lowest BCUT2D eigenvalue weighted by Gasteiger charge is -2.27. The number of unbranched alkanes of at least 4 members (excludes halogenated alkanes) is 30. The van der Waals surface area contributed by atoms with E-state index < -0.39 is 10.2 Å². The molecule has 7 heteroatoms. The van der Waals surface area contributed by atoms with Gasteiger partial charge in [0.2, 0.25) is 5.69 Å². The van der Waals surface area contributed by atoms with Crippen molar-refractivity contribution in [1.82, 2.24) is 0 Å². The summed E-state index contributed by atoms with van der Waals surface area (Å²) in [4.78, 5) is 2.62. The second-order valence-electron chi connectivity index (χ2n) is 21.6. The molecule has 0 unspecified atom stereocenters. The minimum Gasteiger partial charge on any atom is -0.344 e. The van der Waals surface area contributed by atoms with E-state index in [1.807, 2.05) is 0 Å². The van der Waals surface area contributed by atoms with Gasteiger partial charge in [-0.25, -0.2) is 18.6 Å². The van der Waals surface area contributed by atoms with Gasteiger partial charge in [0, 0.05) is 47.5 Å². The number of hydrogen-bond donors (Lipinski definition) is 0. The van der Waals surface area contributed by atoms with Crippen LogP contribution in [-0.4, -0.2) is 23.4 Å². The molecular formula is C63H101ClN2O4. The summed E-state index contributed by atoms with van der Waals surface area (Å²) >= 11 is 0. The molecule has 0 aliphatic carbocycles. The van der Waals surface area contributed by atoms with Gasteiger partial charge in [0.25, 0.3) is 0 Å². The quantitative estimate of drug-likeness (QED) is 0.0379. The molecule has 394 valence electrons. The largest absolute Gasteiger partial charge is 0.344 e. The number of hydrogen-bond acceptors (Lipinski definition) is 5. The molecule has 2 aliphatic rings. The van der Waals surface area contributed by atoms with Crippen molar-refractivity contribution in [1.29, 1.82) is 0 Å². The van der Waals surface area contributed by atoms with Crippen molar-refractivity contribution in [3.05, 3.63) is 108 Å². The van der Waals surface area contributed by atoms with Gasteiger partial charge in [-0.1, -0.05) is 281 Å². The molecule has 2 heterocycles. The Hall–Kier alpha value is -3.00. The maximum absolute atomic E-state index is 8.49. The summed E-state index contributed by atoms with van der Waals surface area (Å²) in [5.74, 6) is 0. The Bertz CT molecular complexity index is 1830. The zero-order valence-corrected chi connectivity index (χ0v) is 46.4. The SMILES string of the molecule is CCCCCCCCCCCCCCCCCCN1\C(=C/C=C/C=C/C=C/C2=[N+](CCCCCCCCCCCCCCCCCC)c3ccccc3C2(C)C)C(C)(C)c2ccccc21.[O-][Cl+3]([O-])([O-])[O-]. The Kier molecular flexibility index (Phi) is 31.5. The van der Waals surface area contributed by atoms with Gasteiger partial charge in [-0.2, -0.15) is 4.58 Å². The van der Waals surface area contributed by atoms with Gasteiger partial charge in [-0.15, -0.1) is 10.2 Å². The van der Waals surface area contributed by atoms with Gasteiger partial charge >= 0.3 is 0 Å². The van der Waals surface area contributed by atoms with Gasteiger partial charge in [0.1, 0.15) is 6.54 Å². The number of halogens is 1. The molecule has 2 aromatic carbocycles. The maximum atomic E-state index is 8.49. The molecule has 2 aromatic rings. The smallest absolute Gasteiger partial charge is 0.209 e. The highest BCUT2D eigenvalue weighted by Gasteiger charge is 2.44. The number of allylic oxidation sites excluding steroid dienone is 8. The first kappa shape index (κ1) is 61.3. The molecule has 70 heavy (non-hydrogen) atoms. The predicted octanol–water partition coefficient (Wildman–Crippen LogP) is 15.2. The molecular weight excluding hydrogens is 884 g/mol. The Morgan fingerprint density at radius 1 is 0.443 bits per heavy atom. The summed E-state index contributed by atoms with van der Waals surface area (Å²) in [6.45, 7) is 16.4. The maximum Gasteiger partial charge on any atom is 0.209 e. The first-order chi connectivity index (χ1) is 33.8. The second-order valence-corrected chi connectivity index (χ2v) is 22.4. The van der Waals surface area contributed by atoms with Gasteiger partial charge in [0.05, 0.1) is 5.41 Å². The van der Waals surface area contributed by atoms with Crippen molar-refractivity contribution in [2.24, 2.45) is 0 Å². The first-order valence-corrected chi connectivity index (χ1v) is 30.0. The van der Waals surface area contributed by atoms with Crippen LogP contribution in [0.3, 0.4) is 0 Å². The summed E-state index contributed by atoms with van der Waals surface area (Å²) < 4.78 is 36.6. The average Bonchev–Trinajstić information content (AvgIpc) is 3.68. The van der Waals surface area contributed by atoms with Gasteiger partial charge in [0.15, 0.2) is 5.71 Å². The topological polar surface area (TPSA) is 98.5 Å². The molecule has 0 atom stereocenters. The standard InChI is InChI=1S/C63H101N2.ClHO4/c1-7-9-11-13-15-17-19-21-23-25-27-29-31-33-38-46-54-64-58-50-44-42-48-56(58)62(3,4)60(64)52-40-36-35-37-41-53-61-63(5,6)57-49-43-45-51-59(57)65(61)55-47-39-34-32-30-28-26-24-22-20-18-16-14-12-10-8-2;2-1(3,4)5/h35-37,40-45,48-53H,7-34,38-39,46-47,54-55H2,1-6H3;(H,2,3,4,5)/q+1;/p-1. The number of nitrogens with zero attached hydrogens (tertiary/aromatic N) is 2. The molecule has 6 nitrogen and oxygen atoms in total. The normalized spacial score (nSPS) is 15.8. The number of benzene rings is 2. The van der Waals surface area contributed by atoms with Gasteiger partial charge in [-0.3, -0.25) is 0 Å². The van der Waals surface area contributed by atoms with Crippen LogP contribution in [-0.2, 0) is 10.8 Å². The van der Waals surface area contributed by atoms with E-state index in [-0.39, 0.29) is 10.8 Å². The van der Waals surface area contributed by atoms with Crippen LogP contribution < -0.4 is 23.5 Å². The van der Waals surface area contributed by atoms with Crippen LogP contribution in [0.1, 0.15) is 258 Å². The molecule has 0 N–H and O–H groups in total. The van der Waals surface area contributed by atoms with E-state index in [0.717, 1.165) is 13.1 Å². The van der Waals surface area contributed by atoms with Crippen molar-refractivity contribution in [3.63, 3.8) is 0 Å². The zero-order chi connectivity index (χ0) is 50.8. The van der Waals surface area contributed by atoms with Crippen LogP contribution in [0.25, 0.3) is 0 Å². The molecule has 0 amide bonds. The fourth-order valence-electron chi connectivity index (χ4n) is 10.9. The van der Waals surface area contributed by atoms with E-state index in [1.165, 1.54) is 239 Å². The van der Waals surface area contributed by atoms with Crippen LogP contribution in [0.2, 0.25) is 0 Å². The third-order valence-electron chi connectivity index (χ3n) is 15.0. The van der Waals surface area contributed by atoms with Crippen molar-refractivity contribution >= 4 is 17.1 Å². The highest BCUT2D eigenvalue weighted by atomic mass is 35.7. The highest BCUT2D eigenvalue weighted by Crippen LogP contribution is 2.47. The van der Waals surface area contributed by atoms with E-state index >= 15 is 0 Å².